The Kier molecular flexibility index (Phi) is 3.66. The number of methoxy groups -OCH3 is 1. The zero-order valence-corrected chi connectivity index (χ0v) is 8.91. The lowest BCUT2D eigenvalue weighted by molar-refractivity contribution is -0.275. The third kappa shape index (κ3) is 3.04. The Balaban J connectivity index is 3.31. The van der Waals surface area contributed by atoms with Gasteiger partial charge in [-0.05, 0) is 0 Å². The average Bonchev–Trinajstić information content (AvgIpc) is 2.28. The molecule has 0 aromatic heterocycles. The fraction of sp³-hybridized carbons (Fsp3) is 0.200. The van der Waals surface area contributed by atoms with Crippen molar-refractivity contribution in [3.05, 3.63) is 23.3 Å². The molecule has 1 aromatic carbocycles. The number of ether oxygens (including phenoxy) is 2. The quantitative estimate of drug-likeness (QED) is 0.823. The number of carbonyl (C=O) groups is 1. The molecule has 0 saturated carbocycles. The van der Waals surface area contributed by atoms with E-state index < -0.39 is 29.4 Å². The Hall–Kier alpha value is -2.43. The molecule has 0 bridgehead atoms. The first-order valence-electron chi connectivity index (χ1n) is 4.39. The van der Waals surface area contributed by atoms with Crippen molar-refractivity contribution in [2.75, 3.05) is 7.11 Å². The highest BCUT2D eigenvalue weighted by molar-refractivity contribution is 5.93. The number of rotatable bonds is 2. The fourth-order valence-corrected chi connectivity index (χ4v) is 1.15. The maximum absolute atomic E-state index is 12.0. The molecule has 5 nitrogen and oxygen atoms in total. The van der Waals surface area contributed by atoms with E-state index in [1.54, 1.807) is 6.07 Å². The van der Waals surface area contributed by atoms with Gasteiger partial charge in [-0.1, -0.05) is 0 Å². The van der Waals surface area contributed by atoms with Gasteiger partial charge in [0.05, 0.1) is 18.2 Å². The van der Waals surface area contributed by atoms with E-state index in [1.165, 1.54) is 0 Å². The van der Waals surface area contributed by atoms with E-state index >= 15 is 0 Å². The van der Waals surface area contributed by atoms with Gasteiger partial charge in [0.2, 0.25) is 0 Å². The topological polar surface area (TPSA) is 79.6 Å². The minimum atomic E-state index is -5.03. The number of nitriles is 1. The Morgan fingerprint density at radius 1 is 1.44 bits per heavy atom. The van der Waals surface area contributed by atoms with Gasteiger partial charge in [0.15, 0.2) is 11.5 Å². The summed E-state index contributed by atoms with van der Waals surface area (Å²) in [6, 6.07) is 2.82. The maximum atomic E-state index is 12.0. The molecule has 0 spiro atoms. The molecule has 0 heterocycles. The molecule has 0 saturated heterocycles. The van der Waals surface area contributed by atoms with E-state index in [4.69, 9.17) is 5.26 Å². The Morgan fingerprint density at radius 2 is 2.06 bits per heavy atom. The summed E-state index contributed by atoms with van der Waals surface area (Å²) in [5, 5.41) is 17.9. The SMILES string of the molecule is COC(=O)c1cc(OC(F)(F)F)c(O)cc1C#N. The van der Waals surface area contributed by atoms with Crippen LogP contribution in [0.25, 0.3) is 0 Å². The lowest BCUT2D eigenvalue weighted by Crippen LogP contribution is -2.18. The number of esters is 1. The number of benzene rings is 1. The summed E-state index contributed by atoms with van der Waals surface area (Å²) in [6.07, 6.45) is -5.03. The van der Waals surface area contributed by atoms with Crippen LogP contribution in [0, 0.1) is 11.3 Å². The van der Waals surface area contributed by atoms with Crippen LogP contribution in [-0.2, 0) is 4.74 Å². The molecule has 1 N–H and O–H groups in total. The molecule has 0 unspecified atom stereocenters. The lowest BCUT2D eigenvalue weighted by Gasteiger charge is -2.12. The molecule has 0 amide bonds. The van der Waals surface area contributed by atoms with Crippen LogP contribution < -0.4 is 4.74 Å². The fourth-order valence-electron chi connectivity index (χ4n) is 1.15. The maximum Gasteiger partial charge on any atom is 0.573 e. The number of phenols is 1. The molecule has 0 aliphatic heterocycles. The highest BCUT2D eigenvalue weighted by Gasteiger charge is 2.33. The lowest BCUT2D eigenvalue weighted by atomic mass is 10.1. The zero-order chi connectivity index (χ0) is 13.9. The molecule has 0 radical (unpaired) electrons. The van der Waals surface area contributed by atoms with E-state index in [2.05, 4.69) is 9.47 Å². The van der Waals surface area contributed by atoms with Crippen LogP contribution in [0.4, 0.5) is 13.2 Å². The monoisotopic (exact) mass is 261 g/mol. The van der Waals surface area contributed by atoms with Crippen molar-refractivity contribution in [1.82, 2.24) is 0 Å². The van der Waals surface area contributed by atoms with Crippen LogP contribution in [0.3, 0.4) is 0 Å². The number of alkyl halides is 3. The summed E-state index contributed by atoms with van der Waals surface area (Å²) in [6.45, 7) is 0. The summed E-state index contributed by atoms with van der Waals surface area (Å²) in [5.41, 5.74) is -0.758. The Morgan fingerprint density at radius 3 is 2.50 bits per heavy atom. The van der Waals surface area contributed by atoms with Crippen molar-refractivity contribution in [1.29, 1.82) is 5.26 Å². The average molecular weight is 261 g/mol. The molecule has 1 rings (SSSR count). The molecule has 0 aliphatic carbocycles. The normalized spacial score (nSPS) is 10.6. The van der Waals surface area contributed by atoms with Crippen LogP contribution in [0.15, 0.2) is 12.1 Å². The minimum absolute atomic E-state index is 0.325. The van der Waals surface area contributed by atoms with Crippen molar-refractivity contribution in [3.63, 3.8) is 0 Å². The Labute approximate surface area is 99.0 Å². The molecule has 0 atom stereocenters. The summed E-state index contributed by atoms with van der Waals surface area (Å²) >= 11 is 0. The molecule has 18 heavy (non-hydrogen) atoms. The molecule has 8 heteroatoms. The van der Waals surface area contributed by atoms with Crippen molar-refractivity contribution < 1.29 is 32.5 Å². The standard InChI is InChI=1S/C10H6F3NO4/c1-17-9(16)6-3-8(18-10(11,12)13)7(15)2-5(6)4-14/h2-3,15H,1H3. The van der Waals surface area contributed by atoms with Crippen LogP contribution >= 0.6 is 0 Å². The highest BCUT2D eigenvalue weighted by atomic mass is 19.4. The van der Waals surface area contributed by atoms with E-state index in [0.717, 1.165) is 7.11 Å². The number of hydrogen-bond acceptors (Lipinski definition) is 5. The summed E-state index contributed by atoms with van der Waals surface area (Å²) in [5.74, 6) is -2.91. The summed E-state index contributed by atoms with van der Waals surface area (Å²) in [7, 11) is 1.00. The molecule has 0 aliphatic rings. The van der Waals surface area contributed by atoms with Gasteiger partial charge in [0, 0.05) is 12.1 Å². The second kappa shape index (κ2) is 4.83. The van der Waals surface area contributed by atoms with E-state index in [-0.39, 0.29) is 5.56 Å². The minimum Gasteiger partial charge on any atom is -0.504 e. The van der Waals surface area contributed by atoms with Gasteiger partial charge in [-0.25, -0.2) is 4.79 Å². The second-order valence-corrected chi connectivity index (χ2v) is 3.02. The van der Waals surface area contributed by atoms with Crippen molar-refractivity contribution in [2.45, 2.75) is 6.36 Å². The first kappa shape index (κ1) is 13.6. The number of carbonyl (C=O) groups excluding carboxylic acids is 1. The second-order valence-electron chi connectivity index (χ2n) is 3.02. The van der Waals surface area contributed by atoms with Gasteiger partial charge >= 0.3 is 12.3 Å². The van der Waals surface area contributed by atoms with Crippen molar-refractivity contribution >= 4 is 5.97 Å². The van der Waals surface area contributed by atoms with E-state index in [1.807, 2.05) is 0 Å². The molecule has 96 valence electrons. The van der Waals surface area contributed by atoms with Gasteiger partial charge in [-0.3, -0.25) is 0 Å². The van der Waals surface area contributed by atoms with Gasteiger partial charge in [-0.15, -0.1) is 13.2 Å². The van der Waals surface area contributed by atoms with Gasteiger partial charge in [-0.2, -0.15) is 5.26 Å². The number of nitrogens with zero attached hydrogens (tertiary/aromatic N) is 1. The van der Waals surface area contributed by atoms with Crippen molar-refractivity contribution in [2.24, 2.45) is 0 Å². The van der Waals surface area contributed by atoms with Gasteiger partial charge in [0.1, 0.15) is 6.07 Å². The van der Waals surface area contributed by atoms with Crippen molar-refractivity contribution in [3.8, 4) is 17.6 Å². The van der Waals surface area contributed by atoms with Crippen LogP contribution in [0.1, 0.15) is 15.9 Å². The zero-order valence-electron chi connectivity index (χ0n) is 8.91. The molecule has 1 aromatic rings. The molecular weight excluding hydrogens is 255 g/mol. The number of aromatic hydroxyl groups is 1. The van der Waals surface area contributed by atoms with Gasteiger partial charge < -0.3 is 14.6 Å². The highest BCUT2D eigenvalue weighted by Crippen LogP contribution is 2.34. The first-order valence-corrected chi connectivity index (χ1v) is 4.39. The third-order valence-electron chi connectivity index (χ3n) is 1.85. The van der Waals surface area contributed by atoms with Crippen LogP contribution in [0.5, 0.6) is 11.5 Å². The largest absolute Gasteiger partial charge is 0.573 e. The number of hydrogen-bond donors (Lipinski definition) is 1. The molecule has 0 fully saturated rings. The summed E-state index contributed by atoms with van der Waals surface area (Å²) < 4.78 is 43.8. The smallest absolute Gasteiger partial charge is 0.504 e. The van der Waals surface area contributed by atoms with E-state index in [9.17, 15) is 23.1 Å². The number of phenolic OH excluding ortho intramolecular Hbond substituents is 1. The first-order chi connectivity index (χ1) is 8.28. The van der Waals surface area contributed by atoms with Crippen LogP contribution in [-0.4, -0.2) is 24.5 Å². The van der Waals surface area contributed by atoms with Crippen LogP contribution in [0.2, 0.25) is 0 Å². The summed E-state index contributed by atoms with van der Waals surface area (Å²) in [4.78, 5) is 11.2. The van der Waals surface area contributed by atoms with Gasteiger partial charge in [0.25, 0.3) is 0 Å². The predicted octanol–water partition coefficient (Wildman–Crippen LogP) is 1.95. The predicted molar refractivity (Wildman–Crippen MR) is 50.8 cm³/mol. The number of halogens is 3. The molecular formula is C10H6F3NO4. The Bertz CT molecular complexity index is 519. The van der Waals surface area contributed by atoms with E-state index in [0.29, 0.717) is 12.1 Å². The third-order valence-corrected chi connectivity index (χ3v) is 1.85.